The van der Waals surface area contributed by atoms with Gasteiger partial charge in [-0.25, -0.2) is 4.57 Å². The smallest absolute Gasteiger partial charge is 0.462 e. The molecular weight excluding hydrogens is 1000 g/mol. The summed E-state index contributed by atoms with van der Waals surface area (Å²) in [5.74, 6) is -1.52. The molecule has 0 rings (SSSR count). The van der Waals surface area contributed by atoms with Gasteiger partial charge in [-0.05, 0) is 116 Å². The molecule has 448 valence electrons. The predicted octanol–water partition coefficient (Wildman–Crippen LogP) is 18.8. The molecule has 0 bridgehead atoms. The fourth-order valence-corrected chi connectivity index (χ4v) is 9.02. The van der Waals surface area contributed by atoms with Gasteiger partial charge in [0, 0.05) is 19.3 Å². The maximum absolute atomic E-state index is 12.9. The summed E-state index contributed by atoms with van der Waals surface area (Å²) in [5, 5.41) is 9.83. The third-order valence-electron chi connectivity index (χ3n) is 12.9. The van der Waals surface area contributed by atoms with E-state index in [0.717, 1.165) is 122 Å². The topological polar surface area (TPSA) is 155 Å². The van der Waals surface area contributed by atoms with Gasteiger partial charge in [0.1, 0.15) is 12.7 Å². The Hall–Kier alpha value is -3.60. The first-order valence-corrected chi connectivity index (χ1v) is 32.6. The maximum Gasteiger partial charge on any atom is 0.472 e. The first kappa shape index (κ1) is 74.4. The number of aliphatic hydroxyl groups is 1. The van der Waals surface area contributed by atoms with E-state index in [2.05, 4.69) is 118 Å². The average Bonchev–Trinajstić information content (AvgIpc) is 3.43. The van der Waals surface area contributed by atoms with E-state index in [1.807, 2.05) is 0 Å². The molecule has 0 aromatic heterocycles. The van der Waals surface area contributed by atoms with Gasteiger partial charge in [-0.3, -0.25) is 23.4 Å². The summed E-state index contributed by atoms with van der Waals surface area (Å²) in [6.07, 6.45) is 70.7. The van der Waals surface area contributed by atoms with Crippen molar-refractivity contribution in [1.29, 1.82) is 0 Å². The summed E-state index contributed by atoms with van der Waals surface area (Å²) in [6.45, 7) is 4.42. The van der Waals surface area contributed by atoms with Gasteiger partial charge >= 0.3 is 25.7 Å². The van der Waals surface area contributed by atoms with Crippen molar-refractivity contribution in [2.24, 2.45) is 0 Å². The van der Waals surface area contributed by atoms with Gasteiger partial charge in [0.05, 0.1) is 19.8 Å². The van der Waals surface area contributed by atoms with E-state index in [1.54, 1.807) is 0 Å². The number of ether oxygens (including phenoxy) is 3. The van der Waals surface area contributed by atoms with Crippen molar-refractivity contribution in [3.8, 4) is 0 Å². The minimum Gasteiger partial charge on any atom is -0.462 e. The van der Waals surface area contributed by atoms with Crippen LogP contribution in [0.2, 0.25) is 0 Å². The molecule has 0 aliphatic carbocycles. The summed E-state index contributed by atoms with van der Waals surface area (Å²) < 4.78 is 39.6. The van der Waals surface area contributed by atoms with Crippen molar-refractivity contribution in [2.75, 3.05) is 26.4 Å². The highest BCUT2D eigenvalue weighted by Crippen LogP contribution is 2.43. The summed E-state index contributed by atoms with van der Waals surface area (Å²) in [4.78, 5) is 48.7. The minimum absolute atomic E-state index is 0.153. The first-order valence-electron chi connectivity index (χ1n) is 31.1. The van der Waals surface area contributed by atoms with Gasteiger partial charge in [0.15, 0.2) is 6.10 Å². The molecule has 0 aromatic carbocycles. The van der Waals surface area contributed by atoms with Crippen LogP contribution in [-0.4, -0.2) is 66.5 Å². The standard InChI is InChI=1S/C66H113O11P/c1-4-7-10-13-16-19-22-25-27-29-31-33-35-38-40-43-46-49-52-55-64(68)73-59-63(77-66(70)57-54-51-48-45-42-39-36-34-32-30-28-26-23-20-17-14-11-8-5-2)61-75-78(71,72)74-60-62(58-67)76-65(69)56-53-50-47-44-41-37-24-21-18-15-12-9-6-3/h7,10,12,15-16,19,21,24-28,31,33,38,40,62-63,67H,4-6,8-9,11,13-14,17-18,20,22-23,29-30,32,34-37,39,41-61H2,1-3H3,(H,71,72)/b10-7-,15-12-,19-16-,24-21-,27-25-,28-26-,33-31-,40-38-. The van der Waals surface area contributed by atoms with Crippen molar-refractivity contribution >= 4 is 25.7 Å². The fraction of sp³-hybridized carbons (Fsp3) is 0.712. The number of rotatable bonds is 57. The molecule has 12 heteroatoms. The molecule has 0 aliphatic heterocycles. The number of esters is 3. The number of hydrogen-bond donors (Lipinski definition) is 2. The lowest BCUT2D eigenvalue weighted by Crippen LogP contribution is -2.30. The molecule has 0 radical (unpaired) electrons. The van der Waals surface area contributed by atoms with Crippen LogP contribution in [0.1, 0.15) is 265 Å². The number of unbranched alkanes of at least 4 members (excludes halogenated alkanes) is 24. The van der Waals surface area contributed by atoms with E-state index in [-0.39, 0.29) is 25.9 Å². The molecule has 2 N–H and O–H groups in total. The van der Waals surface area contributed by atoms with E-state index in [1.165, 1.54) is 83.5 Å². The number of hydrogen-bond acceptors (Lipinski definition) is 10. The van der Waals surface area contributed by atoms with Crippen LogP contribution in [0.25, 0.3) is 0 Å². The Morgan fingerprint density at radius 2 is 0.692 bits per heavy atom. The molecule has 3 unspecified atom stereocenters. The Morgan fingerprint density at radius 3 is 1.10 bits per heavy atom. The Bertz CT molecular complexity index is 1680. The monoisotopic (exact) mass is 1110 g/mol. The summed E-state index contributed by atoms with van der Waals surface area (Å²) >= 11 is 0. The van der Waals surface area contributed by atoms with Crippen molar-refractivity contribution in [3.63, 3.8) is 0 Å². The second-order valence-corrected chi connectivity index (χ2v) is 21.9. The zero-order chi connectivity index (χ0) is 56.9. The Kier molecular flexibility index (Phi) is 56.8. The highest BCUT2D eigenvalue weighted by Gasteiger charge is 2.28. The minimum atomic E-state index is -4.77. The Morgan fingerprint density at radius 1 is 0.372 bits per heavy atom. The zero-order valence-electron chi connectivity index (χ0n) is 49.6. The predicted molar refractivity (Wildman–Crippen MR) is 325 cm³/mol. The number of carbonyl (C=O) groups excluding carboxylic acids is 3. The van der Waals surface area contributed by atoms with Gasteiger partial charge in [0.25, 0.3) is 0 Å². The van der Waals surface area contributed by atoms with Crippen molar-refractivity contribution in [2.45, 2.75) is 277 Å². The molecule has 3 atom stereocenters. The Labute approximate surface area is 476 Å². The van der Waals surface area contributed by atoms with Crippen molar-refractivity contribution in [1.82, 2.24) is 0 Å². The Balaban J connectivity index is 4.78. The second kappa shape index (κ2) is 59.5. The van der Waals surface area contributed by atoms with Crippen LogP contribution in [0.3, 0.4) is 0 Å². The lowest BCUT2D eigenvalue weighted by atomic mass is 10.1. The highest BCUT2D eigenvalue weighted by molar-refractivity contribution is 7.47. The molecule has 0 saturated carbocycles. The van der Waals surface area contributed by atoms with Gasteiger partial charge in [0.2, 0.25) is 0 Å². The van der Waals surface area contributed by atoms with Gasteiger partial charge in [-0.15, -0.1) is 0 Å². The SMILES string of the molecule is CC/C=C\C/C=C\C/C=C\C/C=C\C/C=C\CCCCCC(=O)OCC(COP(=O)(O)OCC(CO)OC(=O)CCCCCCC/C=C\C/C=C\CCC)OC(=O)CCCCCCCCCCC/C=C\CCCCCCCC. The van der Waals surface area contributed by atoms with Crippen molar-refractivity contribution < 1.29 is 52.2 Å². The largest absolute Gasteiger partial charge is 0.472 e. The molecule has 0 spiro atoms. The third-order valence-corrected chi connectivity index (χ3v) is 13.9. The zero-order valence-corrected chi connectivity index (χ0v) is 50.5. The van der Waals surface area contributed by atoms with Crippen LogP contribution in [0.4, 0.5) is 0 Å². The van der Waals surface area contributed by atoms with E-state index in [0.29, 0.717) is 19.3 Å². The van der Waals surface area contributed by atoms with Crippen molar-refractivity contribution in [3.05, 3.63) is 97.2 Å². The third kappa shape index (κ3) is 57.1. The van der Waals surface area contributed by atoms with E-state index < -0.39 is 57.8 Å². The number of phosphoric ester groups is 1. The van der Waals surface area contributed by atoms with E-state index in [4.69, 9.17) is 23.3 Å². The highest BCUT2D eigenvalue weighted by atomic mass is 31.2. The van der Waals surface area contributed by atoms with Gasteiger partial charge < -0.3 is 24.2 Å². The molecule has 11 nitrogen and oxygen atoms in total. The normalized spacial score (nSPS) is 14.0. The molecule has 78 heavy (non-hydrogen) atoms. The van der Waals surface area contributed by atoms with Crippen LogP contribution in [-0.2, 0) is 42.2 Å². The lowest BCUT2D eigenvalue weighted by molar-refractivity contribution is -0.161. The summed E-state index contributed by atoms with van der Waals surface area (Å²) in [6, 6.07) is 0. The van der Waals surface area contributed by atoms with Gasteiger partial charge in [-0.1, -0.05) is 227 Å². The van der Waals surface area contributed by atoms with Crippen LogP contribution in [0.5, 0.6) is 0 Å². The van der Waals surface area contributed by atoms with E-state index in [9.17, 15) is 28.9 Å². The number of carbonyl (C=O) groups is 3. The number of allylic oxidation sites excluding steroid dienone is 16. The molecule has 0 saturated heterocycles. The van der Waals surface area contributed by atoms with Crippen LogP contribution < -0.4 is 0 Å². The van der Waals surface area contributed by atoms with Crippen LogP contribution in [0.15, 0.2) is 97.2 Å². The molecular formula is C66H113O11P. The molecule has 0 amide bonds. The first-order chi connectivity index (χ1) is 38.2. The summed E-state index contributed by atoms with van der Waals surface area (Å²) in [7, 11) is -4.77. The maximum atomic E-state index is 12.9. The quantitative estimate of drug-likeness (QED) is 0.0197. The average molecular weight is 1110 g/mol. The molecule has 0 aliphatic rings. The molecule has 0 aromatic rings. The lowest BCUT2D eigenvalue weighted by Gasteiger charge is -2.21. The van der Waals surface area contributed by atoms with Gasteiger partial charge in [-0.2, -0.15) is 0 Å². The van der Waals surface area contributed by atoms with Crippen LogP contribution in [0, 0.1) is 0 Å². The molecule has 0 fully saturated rings. The van der Waals surface area contributed by atoms with E-state index >= 15 is 0 Å². The number of phosphoric acid groups is 1. The number of aliphatic hydroxyl groups excluding tert-OH is 1. The summed E-state index contributed by atoms with van der Waals surface area (Å²) in [5.41, 5.74) is 0. The fourth-order valence-electron chi connectivity index (χ4n) is 8.24. The second-order valence-electron chi connectivity index (χ2n) is 20.5. The molecule has 0 heterocycles. The van der Waals surface area contributed by atoms with Crippen LogP contribution >= 0.6 is 7.82 Å².